The van der Waals surface area contributed by atoms with Gasteiger partial charge in [-0.2, -0.15) is 5.10 Å². The molecule has 7 rings (SSSR count). The zero-order valence-electron chi connectivity index (χ0n) is 22.6. The van der Waals surface area contributed by atoms with Crippen LogP contribution in [0.5, 0.6) is 0 Å². The Balaban J connectivity index is 1.26. The molecule has 3 aromatic heterocycles. The minimum atomic E-state index is -3.05. The average molecular weight is 573 g/mol. The van der Waals surface area contributed by atoms with E-state index in [9.17, 15) is 12.8 Å². The third-order valence-electron chi connectivity index (χ3n) is 7.91. The maximum Gasteiger partial charge on any atom is 0.230 e. The van der Waals surface area contributed by atoms with E-state index in [2.05, 4.69) is 38.9 Å². The Labute approximate surface area is 237 Å². The number of furan rings is 1. The highest BCUT2D eigenvalue weighted by Gasteiger charge is 2.36. The van der Waals surface area contributed by atoms with Gasteiger partial charge in [0, 0.05) is 55.6 Å². The van der Waals surface area contributed by atoms with E-state index in [4.69, 9.17) is 9.52 Å². The lowest BCUT2D eigenvalue weighted by Gasteiger charge is -2.32. The summed E-state index contributed by atoms with van der Waals surface area (Å²) in [5.74, 6) is 0.411. The van der Waals surface area contributed by atoms with E-state index >= 15 is 0 Å². The van der Waals surface area contributed by atoms with Gasteiger partial charge in [-0.05, 0) is 49.0 Å². The molecule has 11 heteroatoms. The van der Waals surface area contributed by atoms with Crippen molar-refractivity contribution in [3.63, 3.8) is 0 Å². The molecular formula is C30H29FN6O3S. The number of aromatic nitrogens is 4. The molecule has 210 valence electrons. The van der Waals surface area contributed by atoms with Crippen molar-refractivity contribution in [2.24, 2.45) is 0 Å². The van der Waals surface area contributed by atoms with Gasteiger partial charge in [-0.1, -0.05) is 18.2 Å². The largest absolute Gasteiger partial charge is 0.438 e. The second-order valence-corrected chi connectivity index (χ2v) is 13.1. The Morgan fingerprint density at radius 3 is 2.49 bits per heavy atom. The van der Waals surface area contributed by atoms with Crippen molar-refractivity contribution in [2.45, 2.75) is 12.6 Å². The highest BCUT2D eigenvalue weighted by atomic mass is 32.2. The third kappa shape index (κ3) is 5.16. The molecule has 0 aliphatic carbocycles. The monoisotopic (exact) mass is 572 g/mol. The van der Waals surface area contributed by atoms with Gasteiger partial charge in [0.2, 0.25) is 5.71 Å². The second kappa shape index (κ2) is 10.2. The molecule has 0 unspecified atom stereocenters. The first-order chi connectivity index (χ1) is 19.8. The van der Waals surface area contributed by atoms with Gasteiger partial charge in [0.15, 0.2) is 9.84 Å². The van der Waals surface area contributed by atoms with Crippen molar-refractivity contribution in [1.29, 1.82) is 0 Å². The molecule has 0 atom stereocenters. The van der Waals surface area contributed by atoms with Crippen LogP contribution in [0.25, 0.3) is 44.9 Å². The fourth-order valence-corrected chi connectivity index (χ4v) is 6.94. The summed E-state index contributed by atoms with van der Waals surface area (Å²) in [6, 6.07) is 16.1. The van der Waals surface area contributed by atoms with E-state index in [-0.39, 0.29) is 23.4 Å². The molecule has 2 aliphatic heterocycles. The Bertz CT molecular complexity index is 1830. The smallest absolute Gasteiger partial charge is 0.230 e. The van der Waals surface area contributed by atoms with Crippen LogP contribution >= 0.6 is 0 Å². The summed E-state index contributed by atoms with van der Waals surface area (Å²) in [4.78, 5) is 13.8. The first-order valence-electron chi connectivity index (χ1n) is 13.6. The van der Waals surface area contributed by atoms with E-state index in [0.717, 1.165) is 43.7 Å². The number of hydrogen-bond donors (Lipinski definition) is 0. The Morgan fingerprint density at radius 2 is 1.73 bits per heavy atom. The van der Waals surface area contributed by atoms with Crippen LogP contribution in [0.4, 0.5) is 4.39 Å². The lowest BCUT2D eigenvalue weighted by atomic mass is 10.0. The molecule has 2 saturated heterocycles. The topological polar surface area (TPSA) is 97.4 Å². The number of sulfone groups is 1. The van der Waals surface area contributed by atoms with Gasteiger partial charge in [0.05, 0.1) is 28.6 Å². The maximum atomic E-state index is 13.7. The van der Waals surface area contributed by atoms with Crippen LogP contribution in [0.15, 0.2) is 71.5 Å². The quantitative estimate of drug-likeness (QED) is 0.298. The van der Waals surface area contributed by atoms with E-state index in [1.165, 1.54) is 24.0 Å². The Kier molecular flexibility index (Phi) is 6.44. The fraction of sp³-hybridized carbons (Fsp3) is 0.300. The van der Waals surface area contributed by atoms with Crippen molar-refractivity contribution >= 4 is 20.9 Å². The molecule has 5 heterocycles. The Morgan fingerprint density at radius 1 is 0.951 bits per heavy atom. The van der Waals surface area contributed by atoms with Gasteiger partial charge in [-0.15, -0.1) is 0 Å². The summed E-state index contributed by atoms with van der Waals surface area (Å²) in [5.41, 5.74) is 5.22. The summed E-state index contributed by atoms with van der Waals surface area (Å²) in [5, 5.41) is 5.47. The minimum absolute atomic E-state index is 0.0382. The lowest BCUT2D eigenvalue weighted by molar-refractivity contribution is 0.148. The minimum Gasteiger partial charge on any atom is -0.438 e. The van der Waals surface area contributed by atoms with Crippen LogP contribution in [-0.2, 0) is 16.4 Å². The van der Waals surface area contributed by atoms with Gasteiger partial charge < -0.3 is 9.32 Å². The predicted octanol–water partition coefficient (Wildman–Crippen LogP) is 4.28. The molecule has 2 aromatic carbocycles. The molecule has 0 amide bonds. The first kappa shape index (κ1) is 26.0. The van der Waals surface area contributed by atoms with Crippen LogP contribution in [0.3, 0.4) is 0 Å². The molecule has 2 fully saturated rings. The fourth-order valence-electron chi connectivity index (χ4n) is 5.56. The SMILES string of the molecule is CN1CCN(Cc2cccc(-c3cc4c(-c5cn(C6CS(=O)(=O)C6)nc5-c5ccc(F)cc5)ncnc4o3)c2)CC1. The number of fused-ring (bicyclic) bond motifs is 1. The van der Waals surface area contributed by atoms with Gasteiger partial charge >= 0.3 is 0 Å². The van der Waals surface area contributed by atoms with Crippen molar-refractivity contribution in [3.8, 4) is 33.8 Å². The van der Waals surface area contributed by atoms with E-state index in [1.54, 1.807) is 16.8 Å². The molecule has 0 spiro atoms. The summed E-state index contributed by atoms with van der Waals surface area (Å²) < 4.78 is 45.4. The van der Waals surface area contributed by atoms with Crippen LogP contribution in [0.2, 0.25) is 0 Å². The Hall–Kier alpha value is -3.93. The number of halogens is 1. The van der Waals surface area contributed by atoms with Gasteiger partial charge in [0.1, 0.15) is 23.6 Å². The highest BCUT2D eigenvalue weighted by molar-refractivity contribution is 7.92. The standard InChI is InChI=1S/C30H29FN6O3S/c1-35-9-11-36(12-10-35)15-20-3-2-4-22(13-20)27-14-25-29(32-19-33-30(25)40-27)26-16-37(24-17-41(38,39)18-24)34-28(26)21-5-7-23(31)8-6-21/h2-8,13-14,16,19,24H,9-12,15,17-18H2,1H3. The molecule has 0 saturated carbocycles. The highest BCUT2D eigenvalue weighted by Crippen LogP contribution is 2.38. The molecule has 5 aromatic rings. The van der Waals surface area contributed by atoms with Crippen LogP contribution < -0.4 is 0 Å². The number of piperazine rings is 1. The number of nitrogens with zero attached hydrogens (tertiary/aromatic N) is 6. The lowest BCUT2D eigenvalue weighted by Crippen LogP contribution is -2.43. The molecular weight excluding hydrogens is 543 g/mol. The van der Waals surface area contributed by atoms with E-state index in [0.29, 0.717) is 34.0 Å². The number of rotatable bonds is 6. The van der Waals surface area contributed by atoms with Crippen LogP contribution in [0.1, 0.15) is 11.6 Å². The van der Waals surface area contributed by atoms with Gasteiger partial charge in [0.25, 0.3) is 0 Å². The van der Waals surface area contributed by atoms with Crippen molar-refractivity contribution in [1.82, 2.24) is 29.5 Å². The van der Waals surface area contributed by atoms with Crippen LogP contribution in [0, 0.1) is 5.82 Å². The van der Waals surface area contributed by atoms with Crippen molar-refractivity contribution in [3.05, 3.63) is 78.5 Å². The summed E-state index contributed by atoms with van der Waals surface area (Å²) in [6.45, 7) is 5.10. The molecule has 9 nitrogen and oxygen atoms in total. The second-order valence-electron chi connectivity index (χ2n) is 10.9. The normalized spacial score (nSPS) is 18.1. The summed E-state index contributed by atoms with van der Waals surface area (Å²) in [7, 11) is -0.896. The van der Waals surface area contributed by atoms with Crippen molar-refractivity contribution < 1.29 is 17.2 Å². The summed E-state index contributed by atoms with van der Waals surface area (Å²) >= 11 is 0. The molecule has 0 N–H and O–H groups in total. The number of hydrogen-bond acceptors (Lipinski definition) is 8. The number of likely N-dealkylation sites (N-methyl/N-ethyl adjacent to an activating group) is 1. The molecule has 2 aliphatic rings. The summed E-state index contributed by atoms with van der Waals surface area (Å²) in [6.07, 6.45) is 3.28. The molecule has 0 bridgehead atoms. The van der Waals surface area contributed by atoms with E-state index < -0.39 is 9.84 Å². The zero-order chi connectivity index (χ0) is 28.1. The third-order valence-corrected chi connectivity index (χ3v) is 9.70. The van der Waals surface area contributed by atoms with Gasteiger partial charge in [-0.3, -0.25) is 9.58 Å². The predicted molar refractivity (Wildman–Crippen MR) is 154 cm³/mol. The van der Waals surface area contributed by atoms with Crippen molar-refractivity contribution in [2.75, 3.05) is 44.7 Å². The van der Waals surface area contributed by atoms with E-state index in [1.807, 2.05) is 24.4 Å². The average Bonchev–Trinajstić information content (AvgIpc) is 3.59. The number of benzene rings is 2. The maximum absolute atomic E-state index is 13.7. The molecule has 41 heavy (non-hydrogen) atoms. The zero-order valence-corrected chi connectivity index (χ0v) is 23.4. The first-order valence-corrected chi connectivity index (χ1v) is 15.4. The van der Waals surface area contributed by atoms with Gasteiger partial charge in [-0.25, -0.2) is 22.8 Å². The molecule has 0 radical (unpaired) electrons. The van der Waals surface area contributed by atoms with Crippen LogP contribution in [-0.4, -0.2) is 82.7 Å².